The second-order valence-electron chi connectivity index (χ2n) is 5.20. The minimum Gasteiger partial charge on any atom is -0.480 e. The molecule has 0 bridgehead atoms. The molecule has 3 N–H and O–H groups in total. The van der Waals surface area contributed by atoms with Gasteiger partial charge >= 0.3 is 5.97 Å². The van der Waals surface area contributed by atoms with Crippen LogP contribution in [0.15, 0.2) is 43.0 Å². The average Bonchev–Trinajstić information content (AvgIpc) is 2.99. The van der Waals surface area contributed by atoms with Crippen molar-refractivity contribution in [3.63, 3.8) is 0 Å². The van der Waals surface area contributed by atoms with Gasteiger partial charge in [-0.1, -0.05) is 36.3 Å². The largest absolute Gasteiger partial charge is 0.480 e. The molecular weight excluding hydrogens is 306 g/mol. The maximum Gasteiger partial charge on any atom is 0.321 e. The van der Waals surface area contributed by atoms with E-state index >= 15 is 0 Å². The van der Waals surface area contributed by atoms with Crippen molar-refractivity contribution in [2.24, 2.45) is 5.73 Å². The van der Waals surface area contributed by atoms with Crippen LogP contribution < -0.4 is 5.73 Å². The van der Waals surface area contributed by atoms with Crippen LogP contribution in [0.3, 0.4) is 0 Å². The molecule has 0 radical (unpaired) electrons. The molecule has 1 aromatic carbocycles. The summed E-state index contributed by atoms with van der Waals surface area (Å²) in [5, 5.41) is 8.76. The van der Waals surface area contributed by atoms with Crippen molar-refractivity contribution < 1.29 is 9.90 Å². The van der Waals surface area contributed by atoms with Crippen molar-refractivity contribution in [1.82, 2.24) is 19.5 Å². The zero-order valence-electron chi connectivity index (χ0n) is 12.8. The Kier molecular flexibility index (Phi) is 4.50. The van der Waals surface area contributed by atoms with Gasteiger partial charge < -0.3 is 15.4 Å². The van der Waals surface area contributed by atoms with E-state index in [0.717, 1.165) is 5.56 Å². The molecule has 2 aromatic heterocycles. The maximum absolute atomic E-state index is 10.7. The monoisotopic (exact) mass is 321 g/mol. The third-order valence-corrected chi connectivity index (χ3v) is 3.44. The molecule has 24 heavy (non-hydrogen) atoms. The van der Waals surface area contributed by atoms with E-state index in [2.05, 4.69) is 26.8 Å². The third-order valence-electron chi connectivity index (χ3n) is 3.44. The second-order valence-corrected chi connectivity index (χ2v) is 5.20. The SMILES string of the molecule is NC(CC#Cc1ncnc2c1ncn2Cc1ccccc1)C(=O)O. The number of nitrogens with two attached hydrogens (primary N) is 1. The fourth-order valence-corrected chi connectivity index (χ4v) is 2.20. The summed E-state index contributed by atoms with van der Waals surface area (Å²) in [6, 6.07) is 8.97. The van der Waals surface area contributed by atoms with Crippen LogP contribution in [0.1, 0.15) is 17.7 Å². The molecule has 2 heterocycles. The number of imidazole rings is 1. The Labute approximate surface area is 138 Å². The van der Waals surface area contributed by atoms with E-state index in [1.807, 2.05) is 34.9 Å². The highest BCUT2D eigenvalue weighted by Gasteiger charge is 2.10. The lowest BCUT2D eigenvalue weighted by Crippen LogP contribution is -2.29. The first-order valence-electron chi connectivity index (χ1n) is 7.32. The molecule has 0 spiro atoms. The number of aromatic nitrogens is 4. The molecule has 3 aromatic rings. The van der Waals surface area contributed by atoms with Crippen molar-refractivity contribution in [2.45, 2.75) is 19.0 Å². The number of aliphatic carboxylic acids is 1. The molecule has 120 valence electrons. The summed E-state index contributed by atoms with van der Waals surface area (Å²) in [7, 11) is 0. The highest BCUT2D eigenvalue weighted by molar-refractivity contribution is 5.76. The van der Waals surface area contributed by atoms with Crippen molar-refractivity contribution in [3.05, 3.63) is 54.2 Å². The zero-order chi connectivity index (χ0) is 16.9. The van der Waals surface area contributed by atoms with Crippen LogP contribution in [0.25, 0.3) is 11.2 Å². The Bertz CT molecular complexity index is 924. The van der Waals surface area contributed by atoms with Gasteiger partial charge in [0.05, 0.1) is 12.9 Å². The van der Waals surface area contributed by atoms with Gasteiger partial charge in [-0.2, -0.15) is 0 Å². The van der Waals surface area contributed by atoms with E-state index in [1.54, 1.807) is 6.33 Å². The molecule has 7 nitrogen and oxygen atoms in total. The number of hydrogen-bond donors (Lipinski definition) is 2. The number of carboxylic acids is 1. The summed E-state index contributed by atoms with van der Waals surface area (Å²) >= 11 is 0. The lowest BCUT2D eigenvalue weighted by atomic mass is 10.2. The minimum absolute atomic E-state index is 0.0472. The number of hydrogen-bond acceptors (Lipinski definition) is 5. The minimum atomic E-state index is -1.08. The van der Waals surface area contributed by atoms with E-state index in [1.165, 1.54) is 6.33 Å². The summed E-state index contributed by atoms with van der Waals surface area (Å²) in [5.41, 5.74) is 8.29. The van der Waals surface area contributed by atoms with Gasteiger partial charge in [0.1, 0.15) is 23.6 Å². The van der Waals surface area contributed by atoms with Crippen LogP contribution in [0.4, 0.5) is 0 Å². The summed E-state index contributed by atoms with van der Waals surface area (Å²) in [5.74, 6) is 4.49. The normalized spacial score (nSPS) is 11.7. The number of benzene rings is 1. The van der Waals surface area contributed by atoms with Crippen molar-refractivity contribution >= 4 is 17.1 Å². The van der Waals surface area contributed by atoms with Crippen molar-refractivity contribution in [1.29, 1.82) is 0 Å². The van der Waals surface area contributed by atoms with Gasteiger partial charge in [-0.15, -0.1) is 0 Å². The van der Waals surface area contributed by atoms with Crippen molar-refractivity contribution in [3.8, 4) is 11.8 Å². The molecule has 0 aliphatic carbocycles. The lowest BCUT2D eigenvalue weighted by molar-refractivity contribution is -0.138. The molecule has 0 amide bonds. The molecule has 1 unspecified atom stereocenters. The Balaban J connectivity index is 1.87. The first-order valence-corrected chi connectivity index (χ1v) is 7.32. The van der Waals surface area contributed by atoms with E-state index in [-0.39, 0.29) is 6.42 Å². The molecule has 7 heteroatoms. The topological polar surface area (TPSA) is 107 Å². The van der Waals surface area contributed by atoms with Gasteiger partial charge in [0.2, 0.25) is 0 Å². The fourth-order valence-electron chi connectivity index (χ4n) is 2.20. The molecule has 3 rings (SSSR count). The number of carbonyl (C=O) groups is 1. The van der Waals surface area contributed by atoms with Gasteiger partial charge in [-0.3, -0.25) is 4.79 Å². The molecule has 0 aliphatic heterocycles. The smallest absolute Gasteiger partial charge is 0.321 e. The summed E-state index contributed by atoms with van der Waals surface area (Å²) in [6.45, 7) is 0.644. The molecule has 1 atom stereocenters. The number of fused-ring (bicyclic) bond motifs is 1. The lowest BCUT2D eigenvalue weighted by Gasteiger charge is -2.03. The summed E-state index contributed by atoms with van der Waals surface area (Å²) in [6.07, 6.45) is 3.17. The second kappa shape index (κ2) is 6.89. The van der Waals surface area contributed by atoms with Gasteiger partial charge in [0.25, 0.3) is 0 Å². The summed E-state index contributed by atoms with van der Waals surface area (Å²) in [4.78, 5) is 23.4. The van der Waals surface area contributed by atoms with Crippen LogP contribution in [0.5, 0.6) is 0 Å². The maximum atomic E-state index is 10.7. The quantitative estimate of drug-likeness (QED) is 0.695. The predicted molar refractivity (Wildman–Crippen MR) is 88.0 cm³/mol. The van der Waals surface area contributed by atoms with Gasteiger partial charge in [-0.25, -0.2) is 15.0 Å². The van der Waals surface area contributed by atoms with Gasteiger partial charge in [0, 0.05) is 6.42 Å². The molecular formula is C17H15N5O2. The first-order chi connectivity index (χ1) is 11.6. The Morgan fingerprint density at radius 1 is 1.25 bits per heavy atom. The molecule has 0 saturated carbocycles. The standard InChI is InChI=1S/C17H15N5O2/c18-13(17(23)24)7-4-8-14-15-16(20-10-19-14)22(11-21-15)9-12-5-2-1-3-6-12/h1-3,5-6,10-11,13H,7,9,18H2,(H,23,24). The van der Waals surface area contributed by atoms with E-state index in [9.17, 15) is 4.79 Å². The molecule has 0 saturated heterocycles. The number of nitrogens with zero attached hydrogens (tertiary/aromatic N) is 4. The number of rotatable bonds is 4. The Hall–Kier alpha value is -3.24. The highest BCUT2D eigenvalue weighted by Crippen LogP contribution is 2.14. The zero-order valence-corrected chi connectivity index (χ0v) is 12.8. The van der Waals surface area contributed by atoms with Crippen LogP contribution in [-0.2, 0) is 11.3 Å². The van der Waals surface area contributed by atoms with Crippen LogP contribution in [0, 0.1) is 11.8 Å². The van der Waals surface area contributed by atoms with Gasteiger partial charge in [-0.05, 0) is 11.5 Å². The van der Waals surface area contributed by atoms with Gasteiger partial charge in [0.15, 0.2) is 5.65 Å². The predicted octanol–water partition coefficient (Wildman–Crippen LogP) is 1.03. The van der Waals surface area contributed by atoms with Crippen LogP contribution >= 0.6 is 0 Å². The highest BCUT2D eigenvalue weighted by atomic mass is 16.4. The Morgan fingerprint density at radius 3 is 2.79 bits per heavy atom. The van der Waals surface area contributed by atoms with Crippen molar-refractivity contribution in [2.75, 3.05) is 0 Å². The third kappa shape index (κ3) is 3.39. The van der Waals surface area contributed by atoms with Crippen LogP contribution in [-0.4, -0.2) is 36.6 Å². The fraction of sp³-hybridized carbons (Fsp3) is 0.176. The van der Waals surface area contributed by atoms with E-state index < -0.39 is 12.0 Å². The van der Waals surface area contributed by atoms with E-state index in [4.69, 9.17) is 10.8 Å². The Morgan fingerprint density at radius 2 is 2.04 bits per heavy atom. The first kappa shape index (κ1) is 15.6. The average molecular weight is 321 g/mol. The van der Waals surface area contributed by atoms with E-state index in [0.29, 0.717) is 23.4 Å². The molecule has 0 fully saturated rings. The number of carboxylic acid groups (broad SMARTS) is 1. The molecule has 0 aliphatic rings. The van der Waals surface area contributed by atoms with Crippen LogP contribution in [0.2, 0.25) is 0 Å². The summed E-state index contributed by atoms with van der Waals surface area (Å²) < 4.78 is 1.92.